The van der Waals surface area contributed by atoms with Crippen molar-refractivity contribution in [3.63, 3.8) is 0 Å². The third-order valence-electron chi connectivity index (χ3n) is 1.04. The average molecular weight is 208 g/mol. The van der Waals surface area contributed by atoms with Gasteiger partial charge in [0.25, 0.3) is 0 Å². The molecule has 0 saturated carbocycles. The van der Waals surface area contributed by atoms with E-state index in [2.05, 4.69) is 10.6 Å². The quantitative estimate of drug-likeness (QED) is 0.502. The van der Waals surface area contributed by atoms with Gasteiger partial charge in [0.15, 0.2) is 0 Å². The van der Waals surface area contributed by atoms with E-state index in [1.54, 1.807) is 0 Å². The fourth-order valence-electron chi connectivity index (χ4n) is 0.523. The minimum absolute atomic E-state index is 0.0952. The average Bonchev–Trinajstić information content (AvgIpc) is 2.14. The van der Waals surface area contributed by atoms with E-state index in [0.717, 1.165) is 6.54 Å². The molecule has 0 aliphatic heterocycles. The van der Waals surface area contributed by atoms with Crippen molar-refractivity contribution in [2.75, 3.05) is 33.4 Å². The largest absolute Gasteiger partial charge is 0.378 e. The van der Waals surface area contributed by atoms with Crippen LogP contribution in [0.15, 0.2) is 0 Å². The molecule has 80 valence electrons. The summed E-state index contributed by atoms with van der Waals surface area (Å²) in [5.74, 6) is 0. The Morgan fingerprint density at radius 3 is 2.31 bits per heavy atom. The van der Waals surface area contributed by atoms with Crippen molar-refractivity contribution in [1.29, 1.82) is 0 Å². The van der Waals surface area contributed by atoms with Gasteiger partial charge in [0.05, 0.1) is 13.2 Å². The predicted molar refractivity (Wildman–Crippen MR) is 59.2 cm³/mol. The Hall–Kier alpha value is -0.180. The van der Waals surface area contributed by atoms with Gasteiger partial charge < -0.3 is 15.4 Å². The number of hydrogen-bond donors (Lipinski definition) is 2. The van der Waals surface area contributed by atoms with Crippen molar-refractivity contribution >= 4 is 14.9 Å². The van der Waals surface area contributed by atoms with E-state index in [9.17, 15) is 4.79 Å². The molecule has 2 N–H and O–H groups in total. The Labute approximate surface area is 83.0 Å². The summed E-state index contributed by atoms with van der Waals surface area (Å²) in [6.07, 6.45) is 0. The van der Waals surface area contributed by atoms with E-state index in [1.165, 1.54) is 0 Å². The highest BCUT2D eigenvalue weighted by Crippen LogP contribution is 1.80. The molecule has 0 aliphatic carbocycles. The molecule has 4 nitrogen and oxygen atoms in total. The molecule has 0 fully saturated rings. The van der Waals surface area contributed by atoms with Crippen molar-refractivity contribution < 1.29 is 9.53 Å². The Balaban J connectivity index is 0. The molecule has 0 aromatic rings. The van der Waals surface area contributed by atoms with Crippen molar-refractivity contribution in [3.8, 4) is 0 Å². The molecule has 13 heavy (non-hydrogen) atoms. The molecule has 0 radical (unpaired) electrons. The van der Waals surface area contributed by atoms with Crippen molar-refractivity contribution in [3.05, 3.63) is 0 Å². The van der Waals surface area contributed by atoms with Gasteiger partial charge in [-0.05, 0) is 16.3 Å². The van der Waals surface area contributed by atoms with Gasteiger partial charge in [-0.15, -0.1) is 0 Å². The Kier molecular flexibility index (Phi) is 16.9. The van der Waals surface area contributed by atoms with Crippen LogP contribution >= 0.6 is 9.24 Å². The molecule has 0 heterocycles. The van der Waals surface area contributed by atoms with Crippen LogP contribution in [0, 0.1) is 0 Å². The summed E-state index contributed by atoms with van der Waals surface area (Å²) < 4.78 is 5.14. The number of carbonyl (C=O) groups excluding carboxylic acids is 1. The first-order valence-electron chi connectivity index (χ1n) is 4.53. The maximum atomic E-state index is 10.3. The fraction of sp³-hybridized carbons (Fsp3) is 0.875. The lowest BCUT2D eigenvalue weighted by molar-refractivity contribution is 0.140. The molecule has 0 bridgehead atoms. The van der Waals surface area contributed by atoms with Gasteiger partial charge in [0.1, 0.15) is 0 Å². The van der Waals surface area contributed by atoms with Crippen molar-refractivity contribution in [2.45, 2.75) is 13.8 Å². The second kappa shape index (κ2) is 14.3. The smallest absolute Gasteiger partial charge is 0.234 e. The molecule has 0 rings (SSSR count). The summed E-state index contributed by atoms with van der Waals surface area (Å²) in [6.45, 7) is 6.67. The second-order valence-electron chi connectivity index (χ2n) is 2.01. The monoisotopic (exact) mass is 208 g/mol. The van der Waals surface area contributed by atoms with Crippen LogP contribution in [0.1, 0.15) is 13.8 Å². The Morgan fingerprint density at radius 1 is 1.31 bits per heavy atom. The molecular weight excluding hydrogens is 187 g/mol. The first-order valence-corrected chi connectivity index (χ1v) is 5.10. The third-order valence-corrected chi connectivity index (χ3v) is 1.25. The molecular formula is C8H21N2O2P. The molecule has 0 saturated heterocycles. The number of amides is 1. The van der Waals surface area contributed by atoms with Crippen LogP contribution in [0.2, 0.25) is 0 Å². The highest BCUT2D eigenvalue weighted by molar-refractivity contribution is 7.39. The summed E-state index contributed by atoms with van der Waals surface area (Å²) in [7, 11) is 3.92. The molecule has 5 heteroatoms. The molecule has 0 aliphatic rings. The number of likely N-dealkylation sites (N-methyl/N-ethyl adjacent to an activating group) is 1. The zero-order valence-corrected chi connectivity index (χ0v) is 9.88. The van der Waals surface area contributed by atoms with Gasteiger partial charge in [-0.2, -0.15) is 0 Å². The SMILES string of the molecule is CC.CNCCOCCNC(=O)P. The summed E-state index contributed by atoms with van der Waals surface area (Å²) >= 11 is 0. The zero-order chi connectivity index (χ0) is 10.5. The first kappa shape index (κ1) is 15.3. The van der Waals surface area contributed by atoms with E-state index in [1.807, 2.05) is 30.1 Å². The Bertz CT molecular complexity index is 112. The first-order chi connectivity index (χ1) is 6.27. The number of carbonyl (C=O) groups is 1. The fourth-order valence-corrected chi connectivity index (χ4v) is 0.667. The van der Waals surface area contributed by atoms with E-state index < -0.39 is 0 Å². The van der Waals surface area contributed by atoms with Crippen LogP contribution in [-0.4, -0.2) is 39.0 Å². The highest BCUT2D eigenvalue weighted by Gasteiger charge is 1.89. The highest BCUT2D eigenvalue weighted by atomic mass is 31.0. The molecule has 1 unspecified atom stereocenters. The number of rotatable bonds is 6. The second-order valence-corrected chi connectivity index (χ2v) is 2.53. The molecule has 0 aromatic carbocycles. The normalized spacial score (nSPS) is 8.62. The van der Waals surface area contributed by atoms with E-state index >= 15 is 0 Å². The summed E-state index contributed by atoms with van der Waals surface area (Å²) in [6, 6.07) is 0. The van der Waals surface area contributed by atoms with Gasteiger partial charge in [-0.3, -0.25) is 4.79 Å². The minimum Gasteiger partial charge on any atom is -0.378 e. The van der Waals surface area contributed by atoms with Crippen molar-refractivity contribution in [2.24, 2.45) is 0 Å². The molecule has 0 aromatic heterocycles. The number of nitrogens with one attached hydrogen (secondary N) is 2. The van der Waals surface area contributed by atoms with Gasteiger partial charge in [-0.1, -0.05) is 13.8 Å². The Morgan fingerprint density at radius 2 is 1.85 bits per heavy atom. The lowest BCUT2D eigenvalue weighted by Gasteiger charge is -2.03. The van der Waals surface area contributed by atoms with Gasteiger partial charge in [0, 0.05) is 13.1 Å². The lowest BCUT2D eigenvalue weighted by atomic mass is 10.6. The minimum atomic E-state index is -0.0952. The summed E-state index contributed by atoms with van der Waals surface area (Å²) in [5.41, 5.74) is -0.0952. The van der Waals surface area contributed by atoms with Gasteiger partial charge in [0.2, 0.25) is 5.65 Å². The molecule has 1 amide bonds. The van der Waals surface area contributed by atoms with Crippen LogP contribution in [0.4, 0.5) is 4.79 Å². The zero-order valence-electron chi connectivity index (χ0n) is 8.72. The van der Waals surface area contributed by atoms with Crippen LogP contribution < -0.4 is 10.6 Å². The standard InChI is InChI=1S/C6H15N2O2P.C2H6/c1-7-2-4-10-5-3-8-6(9)11;1-2/h7H,2-5,11H2,1H3,(H,8,9);1-2H3. The van der Waals surface area contributed by atoms with Gasteiger partial charge in [-0.25, -0.2) is 0 Å². The predicted octanol–water partition coefficient (Wildman–Crippen LogP) is 0.833. The number of ether oxygens (including phenoxy) is 1. The maximum Gasteiger partial charge on any atom is 0.234 e. The summed E-state index contributed by atoms with van der Waals surface area (Å²) in [4.78, 5) is 10.3. The topological polar surface area (TPSA) is 50.4 Å². The van der Waals surface area contributed by atoms with E-state index in [-0.39, 0.29) is 5.65 Å². The van der Waals surface area contributed by atoms with E-state index in [4.69, 9.17) is 4.74 Å². The van der Waals surface area contributed by atoms with Gasteiger partial charge >= 0.3 is 0 Å². The lowest BCUT2D eigenvalue weighted by Crippen LogP contribution is -2.23. The number of hydrogen-bond acceptors (Lipinski definition) is 3. The maximum absolute atomic E-state index is 10.3. The third kappa shape index (κ3) is 18.6. The van der Waals surface area contributed by atoms with E-state index in [0.29, 0.717) is 19.8 Å². The van der Waals surface area contributed by atoms with Crippen molar-refractivity contribution in [1.82, 2.24) is 10.6 Å². The van der Waals surface area contributed by atoms with Crippen LogP contribution in [0.5, 0.6) is 0 Å². The van der Waals surface area contributed by atoms with Crippen LogP contribution in [0.3, 0.4) is 0 Å². The summed E-state index contributed by atoms with van der Waals surface area (Å²) in [5, 5.41) is 5.55. The molecule has 0 spiro atoms. The molecule has 1 atom stereocenters. The van der Waals surface area contributed by atoms with Crippen LogP contribution in [0.25, 0.3) is 0 Å². The van der Waals surface area contributed by atoms with Crippen LogP contribution in [-0.2, 0) is 4.74 Å².